The average Bonchev–Trinajstić information content (AvgIpc) is 2.29. The first kappa shape index (κ1) is 10.5. The normalized spacial score (nSPS) is 12.0. The van der Waals surface area contributed by atoms with Gasteiger partial charge in [-0.25, -0.2) is 4.21 Å². The van der Waals surface area contributed by atoms with E-state index >= 15 is 0 Å². The summed E-state index contributed by atoms with van der Waals surface area (Å²) in [7, 11) is 0. The summed E-state index contributed by atoms with van der Waals surface area (Å²) in [4.78, 5) is 3.11. The number of nitrogens with zero attached hydrogens (tertiary/aromatic N) is 2. The lowest BCUT2D eigenvalue weighted by Crippen LogP contribution is -1.98. The molecule has 16 heavy (non-hydrogen) atoms. The van der Waals surface area contributed by atoms with Crippen molar-refractivity contribution in [2.24, 2.45) is 0 Å². The first-order chi connectivity index (χ1) is 7.72. The van der Waals surface area contributed by atoms with Crippen LogP contribution in [0.15, 0.2) is 36.4 Å². The Morgan fingerprint density at radius 1 is 1.19 bits per heavy atom. The fourth-order valence-corrected chi connectivity index (χ4v) is 1.78. The maximum Gasteiger partial charge on any atom is 0.393 e. The minimum atomic E-state index is -2.62. The highest BCUT2D eigenvalue weighted by Gasteiger charge is 2.14. The van der Waals surface area contributed by atoms with E-state index < -0.39 is 11.4 Å². The summed E-state index contributed by atoms with van der Waals surface area (Å²) in [6.07, 6.45) is 0. The predicted octanol–water partition coefficient (Wildman–Crippen LogP) is 2.50. The van der Waals surface area contributed by atoms with Crippen molar-refractivity contribution in [3.63, 3.8) is 0 Å². The highest BCUT2D eigenvalue weighted by atomic mass is 32.2. The number of diazo groups is 1. The zero-order chi connectivity index (χ0) is 11.5. The minimum Gasteiger partial charge on any atom is -0.740 e. The van der Waals surface area contributed by atoms with Gasteiger partial charge in [-0.2, -0.15) is 0 Å². The van der Waals surface area contributed by atoms with Gasteiger partial charge in [-0.3, -0.25) is 0 Å². The summed E-state index contributed by atoms with van der Waals surface area (Å²) in [5.74, 6) is 0.205. The van der Waals surface area contributed by atoms with Crippen molar-refractivity contribution in [1.82, 2.24) is 0 Å². The van der Waals surface area contributed by atoms with E-state index in [-0.39, 0.29) is 5.75 Å². The van der Waals surface area contributed by atoms with Gasteiger partial charge in [0, 0.05) is 11.5 Å². The van der Waals surface area contributed by atoms with Gasteiger partial charge in [0.05, 0.1) is 5.39 Å². The quantitative estimate of drug-likeness (QED) is 0.590. The van der Waals surface area contributed by atoms with E-state index in [1.165, 1.54) is 12.1 Å². The number of hydrogen-bond donors (Lipinski definition) is 0. The molecule has 0 aliphatic rings. The van der Waals surface area contributed by atoms with Crippen LogP contribution in [0.2, 0.25) is 0 Å². The molecule has 80 valence electrons. The fraction of sp³-hybridized carbons (Fsp3) is 0. The van der Waals surface area contributed by atoms with Crippen LogP contribution in [-0.4, -0.2) is 8.76 Å². The van der Waals surface area contributed by atoms with E-state index in [1.54, 1.807) is 24.3 Å². The van der Waals surface area contributed by atoms with E-state index in [0.717, 1.165) is 0 Å². The van der Waals surface area contributed by atoms with E-state index in [2.05, 4.69) is 9.16 Å². The molecule has 0 saturated carbocycles. The third kappa shape index (κ3) is 1.86. The Balaban J connectivity index is 2.70. The standard InChI is InChI=1S/C10H6N2O3S/c11-12-9-5-6-10(15-16(13)14)8-4-2-1-3-7(8)9/h1-6H. The van der Waals surface area contributed by atoms with Gasteiger partial charge in [-0.1, -0.05) is 18.2 Å². The first-order valence-electron chi connectivity index (χ1n) is 4.37. The second-order valence-corrected chi connectivity index (χ2v) is 3.59. The van der Waals surface area contributed by atoms with Gasteiger partial charge in [0.25, 0.3) is 0 Å². The van der Waals surface area contributed by atoms with Crippen LogP contribution in [-0.2, 0) is 11.4 Å². The number of benzene rings is 2. The Morgan fingerprint density at radius 2 is 1.88 bits per heavy atom. The molecule has 0 fully saturated rings. The molecule has 0 aromatic heterocycles. The third-order valence-electron chi connectivity index (χ3n) is 2.13. The molecule has 6 heteroatoms. The van der Waals surface area contributed by atoms with Gasteiger partial charge in [0.2, 0.25) is 5.39 Å². The van der Waals surface area contributed by atoms with Crippen LogP contribution in [0.1, 0.15) is 0 Å². The third-order valence-corrected chi connectivity index (χ3v) is 2.44. The van der Waals surface area contributed by atoms with Crippen LogP contribution >= 0.6 is 0 Å². The van der Waals surface area contributed by atoms with Crippen molar-refractivity contribution in [3.05, 3.63) is 41.4 Å². The maximum atomic E-state index is 10.5. The summed E-state index contributed by atoms with van der Waals surface area (Å²) in [6, 6.07) is 9.81. The molecule has 0 bridgehead atoms. The lowest BCUT2D eigenvalue weighted by molar-refractivity contribution is 0.442. The van der Waals surface area contributed by atoms with Crippen molar-refractivity contribution < 1.29 is 12.9 Å². The Bertz CT molecular complexity index is 607. The summed E-state index contributed by atoms with van der Waals surface area (Å²) in [6.45, 7) is 0. The van der Waals surface area contributed by atoms with Gasteiger partial charge in [0.1, 0.15) is 17.1 Å². The smallest absolute Gasteiger partial charge is 0.393 e. The molecule has 0 aliphatic carbocycles. The van der Waals surface area contributed by atoms with Gasteiger partial charge in [0.15, 0.2) is 4.98 Å². The number of rotatable bonds is 2. The van der Waals surface area contributed by atoms with Crippen molar-refractivity contribution >= 4 is 27.8 Å². The number of hydrogen-bond acceptors (Lipinski definition) is 4. The molecule has 2 aromatic rings. The fourth-order valence-electron chi connectivity index (χ4n) is 1.49. The van der Waals surface area contributed by atoms with Gasteiger partial charge in [-0.15, -0.1) is 0 Å². The molecule has 0 saturated heterocycles. The lowest BCUT2D eigenvalue weighted by Gasteiger charge is -2.08. The average molecular weight is 234 g/mol. The van der Waals surface area contributed by atoms with Crippen LogP contribution in [0.4, 0.5) is 5.69 Å². The second kappa shape index (κ2) is 4.26. The molecule has 5 nitrogen and oxygen atoms in total. The topological polar surface area (TPSA) is 77.5 Å². The zero-order valence-corrected chi connectivity index (χ0v) is 8.81. The molecule has 2 aromatic carbocycles. The van der Waals surface area contributed by atoms with Gasteiger partial charge < -0.3 is 8.74 Å². The van der Waals surface area contributed by atoms with Crippen molar-refractivity contribution in [2.45, 2.75) is 0 Å². The molecular formula is C10H6N2O3S. The molecule has 0 spiro atoms. The molecule has 0 N–H and O–H groups in total. The van der Waals surface area contributed by atoms with Crippen LogP contribution in [0.25, 0.3) is 15.7 Å². The second-order valence-electron chi connectivity index (χ2n) is 3.02. The summed E-state index contributed by atoms with van der Waals surface area (Å²) in [5.41, 5.74) is 0.361. The monoisotopic (exact) mass is 234 g/mol. The minimum absolute atomic E-state index is 0.205. The maximum absolute atomic E-state index is 10.5. The first-order valence-corrected chi connectivity index (χ1v) is 5.37. The molecule has 0 radical (unpaired) electrons. The Morgan fingerprint density at radius 3 is 2.50 bits per heavy atom. The van der Waals surface area contributed by atoms with E-state index in [0.29, 0.717) is 16.5 Å². The largest absolute Gasteiger partial charge is 0.740 e. The van der Waals surface area contributed by atoms with E-state index in [1.807, 2.05) is 0 Å². The lowest BCUT2D eigenvalue weighted by atomic mass is 10.1. The van der Waals surface area contributed by atoms with Crippen molar-refractivity contribution in [3.8, 4) is 5.75 Å². The van der Waals surface area contributed by atoms with Crippen molar-refractivity contribution in [2.75, 3.05) is 0 Å². The zero-order valence-electron chi connectivity index (χ0n) is 7.99. The van der Waals surface area contributed by atoms with Crippen LogP contribution in [0.5, 0.6) is 5.75 Å². The van der Waals surface area contributed by atoms with Crippen LogP contribution < -0.4 is 4.18 Å². The Hall–Kier alpha value is -1.97. The van der Waals surface area contributed by atoms with Crippen LogP contribution in [0, 0.1) is 5.39 Å². The van der Waals surface area contributed by atoms with Crippen LogP contribution in [0.3, 0.4) is 0 Å². The Labute approximate surface area is 93.8 Å². The molecule has 0 amide bonds. The van der Waals surface area contributed by atoms with Gasteiger partial charge in [-0.05, 0) is 12.1 Å². The predicted molar refractivity (Wildman–Crippen MR) is 58.2 cm³/mol. The molecule has 0 aliphatic heterocycles. The number of fused-ring (bicyclic) bond motifs is 1. The summed E-state index contributed by atoms with van der Waals surface area (Å²) in [5, 5.41) is 9.96. The summed E-state index contributed by atoms with van der Waals surface area (Å²) < 4.78 is 25.6. The SMILES string of the molecule is N#[N+]c1ccc(OS(=O)[O-])c2ccccc12. The van der Waals surface area contributed by atoms with E-state index in [9.17, 15) is 8.76 Å². The highest BCUT2D eigenvalue weighted by molar-refractivity contribution is 7.74. The summed E-state index contributed by atoms with van der Waals surface area (Å²) >= 11 is -2.62. The highest BCUT2D eigenvalue weighted by Crippen LogP contribution is 2.33. The van der Waals surface area contributed by atoms with E-state index in [4.69, 9.17) is 5.39 Å². The molecule has 1 unspecified atom stereocenters. The van der Waals surface area contributed by atoms with Crippen molar-refractivity contribution in [1.29, 1.82) is 5.39 Å². The Kier molecular flexibility index (Phi) is 2.81. The molecule has 2 rings (SSSR count). The molecular weight excluding hydrogens is 228 g/mol. The molecule has 1 atom stereocenters. The molecule has 0 heterocycles. The van der Waals surface area contributed by atoms with Gasteiger partial charge >= 0.3 is 5.69 Å².